The van der Waals surface area contributed by atoms with E-state index in [-0.39, 0.29) is 17.4 Å². The predicted octanol–water partition coefficient (Wildman–Crippen LogP) is -0.735. The average molecular weight is 435 g/mol. The average Bonchev–Trinajstić information content (AvgIpc) is 3.17. The number of carbonyl (C=O) groups excluding carboxylic acids is 3. The summed E-state index contributed by atoms with van der Waals surface area (Å²) < 4.78 is 0. The van der Waals surface area contributed by atoms with Gasteiger partial charge in [0, 0.05) is 18.1 Å². The second-order valence-electron chi connectivity index (χ2n) is 6.93. The van der Waals surface area contributed by atoms with Crippen LogP contribution in [0.5, 0.6) is 0 Å². The highest BCUT2D eigenvalue weighted by Crippen LogP contribution is 2.19. The standard InChI is InChI=1S/C17H30N4O5S2/c1-3-9(2)13(18)15(23)19-10(7-27)16(24)21-6-4-5-12(21)14(22)20-11(8-28)17(25)26/h9-13,27-28H,3-8,18H2,1-2H3,(H,19,23)(H,20,22)(H,25,26). The van der Waals surface area contributed by atoms with E-state index in [0.29, 0.717) is 19.4 Å². The fraction of sp³-hybridized carbons (Fsp3) is 0.765. The Hall–Kier alpha value is -1.46. The van der Waals surface area contributed by atoms with Gasteiger partial charge in [0.25, 0.3) is 0 Å². The van der Waals surface area contributed by atoms with E-state index >= 15 is 0 Å². The van der Waals surface area contributed by atoms with E-state index in [1.54, 1.807) is 0 Å². The number of amides is 3. The smallest absolute Gasteiger partial charge is 0.327 e. The number of nitrogens with one attached hydrogen (secondary N) is 2. The number of nitrogens with zero attached hydrogens (tertiary/aromatic N) is 1. The number of rotatable bonds is 10. The van der Waals surface area contributed by atoms with E-state index in [9.17, 15) is 19.2 Å². The Bertz CT molecular complexity index is 592. The molecule has 0 radical (unpaired) electrons. The Labute approximate surface area is 176 Å². The normalized spacial score (nSPS) is 20.8. The first-order valence-corrected chi connectivity index (χ1v) is 10.6. The second-order valence-corrected chi connectivity index (χ2v) is 7.66. The third-order valence-corrected chi connectivity index (χ3v) is 5.72. The van der Waals surface area contributed by atoms with Gasteiger partial charge in [0.2, 0.25) is 17.7 Å². The number of likely N-dealkylation sites (tertiary alicyclic amines) is 1. The van der Waals surface area contributed by atoms with Gasteiger partial charge in [-0.05, 0) is 18.8 Å². The van der Waals surface area contributed by atoms with E-state index in [1.165, 1.54) is 4.90 Å². The Balaban J connectivity index is 2.82. The zero-order valence-corrected chi connectivity index (χ0v) is 17.9. The van der Waals surface area contributed by atoms with E-state index < -0.39 is 47.9 Å². The number of aliphatic carboxylic acids is 1. The van der Waals surface area contributed by atoms with Crippen molar-refractivity contribution >= 4 is 48.9 Å². The number of carboxylic acid groups (broad SMARTS) is 1. The SMILES string of the molecule is CCC(C)C(N)C(=O)NC(CS)C(=O)N1CCCC1C(=O)NC(CS)C(=O)O. The number of carbonyl (C=O) groups is 4. The van der Waals surface area contributed by atoms with Crippen molar-refractivity contribution < 1.29 is 24.3 Å². The Morgan fingerprint density at radius 3 is 2.29 bits per heavy atom. The molecular weight excluding hydrogens is 404 g/mol. The maximum absolute atomic E-state index is 12.9. The van der Waals surface area contributed by atoms with Gasteiger partial charge in [-0.25, -0.2) is 4.79 Å². The van der Waals surface area contributed by atoms with Crippen LogP contribution in [0.25, 0.3) is 0 Å². The van der Waals surface area contributed by atoms with Gasteiger partial charge in [0.1, 0.15) is 18.1 Å². The van der Waals surface area contributed by atoms with Crippen molar-refractivity contribution in [3.05, 3.63) is 0 Å². The molecule has 5 unspecified atom stereocenters. The minimum atomic E-state index is -1.20. The molecule has 1 rings (SSSR count). The molecule has 1 fully saturated rings. The molecule has 0 aromatic rings. The molecule has 0 aliphatic carbocycles. The highest BCUT2D eigenvalue weighted by molar-refractivity contribution is 7.80. The van der Waals surface area contributed by atoms with Crippen LogP contribution in [0.3, 0.4) is 0 Å². The molecule has 1 saturated heterocycles. The number of thiol groups is 2. The summed E-state index contributed by atoms with van der Waals surface area (Å²) in [5.74, 6) is -2.68. The summed E-state index contributed by atoms with van der Waals surface area (Å²) in [5.41, 5.74) is 5.91. The van der Waals surface area contributed by atoms with Crippen LogP contribution in [0.15, 0.2) is 0 Å². The summed E-state index contributed by atoms with van der Waals surface area (Å²) in [7, 11) is 0. The van der Waals surface area contributed by atoms with Gasteiger partial charge < -0.3 is 26.4 Å². The van der Waals surface area contributed by atoms with E-state index in [2.05, 4.69) is 35.9 Å². The molecule has 0 spiro atoms. The molecule has 5 atom stereocenters. The summed E-state index contributed by atoms with van der Waals surface area (Å²) >= 11 is 8.07. The molecule has 0 aromatic heterocycles. The van der Waals surface area contributed by atoms with Crippen molar-refractivity contribution in [2.24, 2.45) is 11.7 Å². The van der Waals surface area contributed by atoms with Gasteiger partial charge in [0.15, 0.2) is 0 Å². The van der Waals surface area contributed by atoms with Crippen LogP contribution >= 0.6 is 25.3 Å². The van der Waals surface area contributed by atoms with E-state index in [1.807, 2.05) is 13.8 Å². The third-order valence-electron chi connectivity index (χ3n) is 4.99. The Morgan fingerprint density at radius 1 is 1.18 bits per heavy atom. The van der Waals surface area contributed by atoms with Crippen molar-refractivity contribution in [2.45, 2.75) is 57.3 Å². The fourth-order valence-electron chi connectivity index (χ4n) is 2.92. The molecule has 5 N–H and O–H groups in total. The molecule has 11 heteroatoms. The summed E-state index contributed by atoms with van der Waals surface area (Å²) in [6, 6.07) is -3.59. The van der Waals surface area contributed by atoms with Crippen molar-refractivity contribution in [1.29, 1.82) is 0 Å². The second kappa shape index (κ2) is 11.5. The Kier molecular flexibility index (Phi) is 10.1. The topological polar surface area (TPSA) is 142 Å². The lowest BCUT2D eigenvalue weighted by Crippen LogP contribution is -2.58. The highest BCUT2D eigenvalue weighted by atomic mass is 32.1. The Morgan fingerprint density at radius 2 is 1.79 bits per heavy atom. The zero-order valence-electron chi connectivity index (χ0n) is 16.1. The molecule has 9 nitrogen and oxygen atoms in total. The molecule has 1 aliphatic rings. The van der Waals surface area contributed by atoms with Gasteiger partial charge in [0.05, 0.1) is 6.04 Å². The van der Waals surface area contributed by atoms with Crippen LogP contribution in [0.4, 0.5) is 0 Å². The number of nitrogens with two attached hydrogens (primary N) is 1. The van der Waals surface area contributed by atoms with Crippen molar-refractivity contribution in [3.8, 4) is 0 Å². The van der Waals surface area contributed by atoms with Crippen LogP contribution in [-0.4, -0.2) is 75.9 Å². The van der Waals surface area contributed by atoms with Gasteiger partial charge in [-0.3, -0.25) is 14.4 Å². The monoisotopic (exact) mass is 434 g/mol. The largest absolute Gasteiger partial charge is 0.480 e. The molecular formula is C17H30N4O5S2. The first-order valence-electron chi connectivity index (χ1n) is 9.29. The van der Waals surface area contributed by atoms with E-state index in [4.69, 9.17) is 10.8 Å². The zero-order chi connectivity index (χ0) is 21.4. The number of carboxylic acids is 1. The molecule has 0 saturated carbocycles. The molecule has 1 aliphatic heterocycles. The van der Waals surface area contributed by atoms with Crippen LogP contribution < -0.4 is 16.4 Å². The maximum atomic E-state index is 12.9. The third kappa shape index (κ3) is 6.28. The van der Waals surface area contributed by atoms with Gasteiger partial charge in [-0.1, -0.05) is 20.3 Å². The van der Waals surface area contributed by atoms with Crippen molar-refractivity contribution in [2.75, 3.05) is 18.1 Å². The van der Waals surface area contributed by atoms with Gasteiger partial charge in [-0.15, -0.1) is 0 Å². The van der Waals surface area contributed by atoms with Crippen molar-refractivity contribution in [1.82, 2.24) is 15.5 Å². The number of hydrogen-bond acceptors (Lipinski definition) is 7. The molecule has 1 heterocycles. The molecule has 160 valence electrons. The lowest BCUT2D eigenvalue weighted by molar-refractivity contribution is -0.144. The quantitative estimate of drug-likeness (QED) is 0.250. The van der Waals surface area contributed by atoms with Gasteiger partial charge in [-0.2, -0.15) is 25.3 Å². The van der Waals surface area contributed by atoms with E-state index in [0.717, 1.165) is 6.42 Å². The van der Waals surface area contributed by atoms with Crippen LogP contribution in [0, 0.1) is 5.92 Å². The van der Waals surface area contributed by atoms with Crippen LogP contribution in [0.2, 0.25) is 0 Å². The fourth-order valence-corrected chi connectivity index (χ4v) is 3.42. The maximum Gasteiger partial charge on any atom is 0.327 e. The molecule has 0 aromatic carbocycles. The summed E-state index contributed by atoms with van der Waals surface area (Å²) in [6.07, 6.45) is 1.73. The molecule has 0 bridgehead atoms. The summed E-state index contributed by atoms with van der Waals surface area (Å²) in [6.45, 7) is 4.11. The van der Waals surface area contributed by atoms with Crippen molar-refractivity contribution in [3.63, 3.8) is 0 Å². The minimum absolute atomic E-state index is 0.0461. The first kappa shape index (κ1) is 24.6. The lowest BCUT2D eigenvalue weighted by atomic mass is 9.99. The van der Waals surface area contributed by atoms with Gasteiger partial charge >= 0.3 is 5.97 Å². The minimum Gasteiger partial charge on any atom is -0.480 e. The summed E-state index contributed by atoms with van der Waals surface area (Å²) in [4.78, 5) is 50.1. The van der Waals surface area contributed by atoms with Crippen LogP contribution in [0.1, 0.15) is 33.1 Å². The predicted molar refractivity (Wildman–Crippen MR) is 111 cm³/mol. The summed E-state index contributed by atoms with van der Waals surface area (Å²) in [5, 5.41) is 14.1. The van der Waals surface area contributed by atoms with Crippen LogP contribution in [-0.2, 0) is 19.2 Å². The molecule has 28 heavy (non-hydrogen) atoms. The lowest BCUT2D eigenvalue weighted by Gasteiger charge is -2.29. The molecule has 3 amide bonds. The highest BCUT2D eigenvalue weighted by Gasteiger charge is 2.38. The first-order chi connectivity index (χ1) is 13.2. The number of hydrogen-bond donors (Lipinski definition) is 6.